The van der Waals surface area contributed by atoms with Crippen LogP contribution in [0.25, 0.3) is 11.6 Å². The molecule has 0 saturated heterocycles. The lowest BCUT2D eigenvalue weighted by molar-refractivity contribution is -0.121. The zero-order valence-electron chi connectivity index (χ0n) is 13.6. The maximum atomic E-state index is 12.1. The topological polar surface area (TPSA) is 105 Å². The molecule has 7 heteroatoms. The molecule has 1 atom stereocenters. The molecule has 3 rings (SSSR count). The molecule has 2 heterocycles. The number of aromatic nitrogens is 2. The van der Waals surface area contributed by atoms with Crippen LogP contribution in [0, 0.1) is 11.3 Å². The van der Waals surface area contributed by atoms with E-state index in [4.69, 9.17) is 14.2 Å². The quantitative estimate of drug-likeness (QED) is 0.742. The number of benzene rings is 1. The molecule has 25 heavy (non-hydrogen) atoms. The number of amides is 1. The van der Waals surface area contributed by atoms with Gasteiger partial charge in [0, 0.05) is 12.8 Å². The Morgan fingerprint density at radius 3 is 2.80 bits per heavy atom. The van der Waals surface area contributed by atoms with E-state index < -0.39 is 0 Å². The Morgan fingerprint density at radius 2 is 2.12 bits per heavy atom. The SMILES string of the molecule is CC(NC(=O)CCc1nc(-c2ccco2)no1)c1ccc(C#N)cc1. The minimum absolute atomic E-state index is 0.116. The molecule has 0 spiro atoms. The van der Waals surface area contributed by atoms with Crippen molar-refractivity contribution in [3.8, 4) is 17.7 Å². The van der Waals surface area contributed by atoms with Crippen LogP contribution in [0.4, 0.5) is 0 Å². The van der Waals surface area contributed by atoms with Crippen LogP contribution in [0.3, 0.4) is 0 Å². The fourth-order valence-corrected chi connectivity index (χ4v) is 2.33. The molecule has 2 aromatic heterocycles. The molecule has 1 unspecified atom stereocenters. The number of hydrogen-bond donors (Lipinski definition) is 1. The van der Waals surface area contributed by atoms with E-state index in [-0.39, 0.29) is 18.4 Å². The predicted octanol–water partition coefficient (Wildman–Crippen LogP) is 3.01. The Labute approximate surface area is 144 Å². The lowest BCUT2D eigenvalue weighted by Crippen LogP contribution is -2.26. The second-order valence-corrected chi connectivity index (χ2v) is 5.51. The number of hydrogen-bond acceptors (Lipinski definition) is 6. The van der Waals surface area contributed by atoms with Crippen molar-refractivity contribution in [2.24, 2.45) is 0 Å². The summed E-state index contributed by atoms with van der Waals surface area (Å²) in [7, 11) is 0. The number of carbonyl (C=O) groups excluding carboxylic acids is 1. The summed E-state index contributed by atoms with van der Waals surface area (Å²) in [5.41, 5.74) is 1.52. The maximum Gasteiger partial charge on any atom is 0.238 e. The molecule has 7 nitrogen and oxygen atoms in total. The first-order valence-electron chi connectivity index (χ1n) is 7.81. The smallest absolute Gasteiger partial charge is 0.238 e. The van der Waals surface area contributed by atoms with Gasteiger partial charge < -0.3 is 14.3 Å². The van der Waals surface area contributed by atoms with Crippen LogP contribution in [0.15, 0.2) is 51.6 Å². The van der Waals surface area contributed by atoms with Crippen molar-refractivity contribution >= 4 is 5.91 Å². The first kappa shape index (κ1) is 16.5. The average Bonchev–Trinajstić information content (AvgIpc) is 3.31. The van der Waals surface area contributed by atoms with Gasteiger partial charge in [0.15, 0.2) is 5.76 Å². The van der Waals surface area contributed by atoms with E-state index in [0.717, 1.165) is 5.56 Å². The summed E-state index contributed by atoms with van der Waals surface area (Å²) in [6.07, 6.45) is 2.11. The number of nitriles is 1. The minimum Gasteiger partial charge on any atom is -0.461 e. The van der Waals surface area contributed by atoms with Crippen molar-refractivity contribution < 1.29 is 13.7 Å². The van der Waals surface area contributed by atoms with E-state index in [1.165, 1.54) is 6.26 Å². The normalized spacial score (nSPS) is 11.7. The van der Waals surface area contributed by atoms with E-state index in [1.807, 2.05) is 19.1 Å². The van der Waals surface area contributed by atoms with Gasteiger partial charge in [-0.15, -0.1) is 0 Å². The van der Waals surface area contributed by atoms with Crippen LogP contribution in [0.5, 0.6) is 0 Å². The number of furan rings is 1. The molecule has 0 aliphatic carbocycles. The first-order valence-corrected chi connectivity index (χ1v) is 7.81. The van der Waals surface area contributed by atoms with Crippen LogP contribution in [0.2, 0.25) is 0 Å². The summed E-state index contributed by atoms with van der Waals surface area (Å²) < 4.78 is 10.3. The molecule has 0 bridgehead atoms. The molecule has 1 aromatic carbocycles. The second-order valence-electron chi connectivity index (χ2n) is 5.51. The Bertz CT molecular complexity index is 876. The van der Waals surface area contributed by atoms with Crippen molar-refractivity contribution in [2.45, 2.75) is 25.8 Å². The van der Waals surface area contributed by atoms with Gasteiger partial charge in [0.1, 0.15) is 0 Å². The first-order chi connectivity index (χ1) is 12.2. The van der Waals surface area contributed by atoms with E-state index in [0.29, 0.717) is 29.5 Å². The maximum absolute atomic E-state index is 12.1. The second kappa shape index (κ2) is 7.45. The molecule has 0 aliphatic rings. The van der Waals surface area contributed by atoms with Gasteiger partial charge in [-0.1, -0.05) is 17.3 Å². The molecule has 0 radical (unpaired) electrons. The van der Waals surface area contributed by atoms with Gasteiger partial charge in [-0.05, 0) is 36.8 Å². The van der Waals surface area contributed by atoms with Gasteiger partial charge in [-0.3, -0.25) is 4.79 Å². The highest BCUT2D eigenvalue weighted by Crippen LogP contribution is 2.17. The summed E-state index contributed by atoms with van der Waals surface area (Å²) >= 11 is 0. The van der Waals surface area contributed by atoms with Gasteiger partial charge in [0.05, 0.1) is 23.9 Å². The Morgan fingerprint density at radius 1 is 1.32 bits per heavy atom. The van der Waals surface area contributed by atoms with Gasteiger partial charge in [0.2, 0.25) is 17.6 Å². The summed E-state index contributed by atoms with van der Waals surface area (Å²) in [4.78, 5) is 16.3. The lowest BCUT2D eigenvalue weighted by atomic mass is 10.1. The van der Waals surface area contributed by atoms with E-state index in [2.05, 4.69) is 21.5 Å². The third-order valence-corrected chi connectivity index (χ3v) is 3.69. The monoisotopic (exact) mass is 336 g/mol. The number of nitrogens with zero attached hydrogens (tertiary/aromatic N) is 3. The van der Waals surface area contributed by atoms with Gasteiger partial charge in [-0.2, -0.15) is 10.2 Å². The molecule has 3 aromatic rings. The largest absolute Gasteiger partial charge is 0.461 e. The summed E-state index contributed by atoms with van der Waals surface area (Å²) in [5.74, 6) is 1.16. The van der Waals surface area contributed by atoms with Gasteiger partial charge in [-0.25, -0.2) is 0 Å². The van der Waals surface area contributed by atoms with E-state index in [9.17, 15) is 4.79 Å². The van der Waals surface area contributed by atoms with Gasteiger partial charge in [0.25, 0.3) is 0 Å². The highest BCUT2D eigenvalue weighted by atomic mass is 16.5. The summed E-state index contributed by atoms with van der Waals surface area (Å²) in [6.45, 7) is 1.89. The molecule has 126 valence electrons. The molecule has 0 saturated carbocycles. The lowest BCUT2D eigenvalue weighted by Gasteiger charge is -2.14. The highest BCUT2D eigenvalue weighted by Gasteiger charge is 2.14. The molecule has 1 amide bonds. The third-order valence-electron chi connectivity index (χ3n) is 3.69. The fraction of sp³-hybridized carbons (Fsp3) is 0.222. The average molecular weight is 336 g/mol. The number of aryl methyl sites for hydroxylation is 1. The molecular formula is C18H16N4O3. The standard InChI is InChI=1S/C18H16N4O3/c1-12(14-6-4-13(11-19)5-7-14)20-16(23)8-9-17-21-18(22-25-17)15-3-2-10-24-15/h2-7,10,12H,8-9H2,1H3,(H,20,23). The van der Waals surface area contributed by atoms with Crippen molar-refractivity contribution in [2.75, 3.05) is 0 Å². The van der Waals surface area contributed by atoms with Crippen LogP contribution < -0.4 is 5.32 Å². The predicted molar refractivity (Wildman–Crippen MR) is 88.0 cm³/mol. The summed E-state index contributed by atoms with van der Waals surface area (Å²) in [6, 6.07) is 12.5. The van der Waals surface area contributed by atoms with Crippen LogP contribution in [-0.2, 0) is 11.2 Å². The fourth-order valence-electron chi connectivity index (χ4n) is 2.33. The number of rotatable bonds is 6. The van der Waals surface area contributed by atoms with E-state index in [1.54, 1.807) is 24.3 Å². The Kier molecular flexibility index (Phi) is 4.90. The van der Waals surface area contributed by atoms with Crippen molar-refractivity contribution in [1.82, 2.24) is 15.5 Å². The number of carbonyl (C=O) groups is 1. The molecular weight excluding hydrogens is 320 g/mol. The van der Waals surface area contributed by atoms with Crippen molar-refractivity contribution in [1.29, 1.82) is 5.26 Å². The zero-order valence-corrected chi connectivity index (χ0v) is 13.6. The molecule has 0 aliphatic heterocycles. The van der Waals surface area contributed by atoms with Crippen molar-refractivity contribution in [3.05, 3.63) is 59.7 Å². The van der Waals surface area contributed by atoms with Crippen LogP contribution in [-0.4, -0.2) is 16.0 Å². The summed E-state index contributed by atoms with van der Waals surface area (Å²) in [5, 5.41) is 15.5. The molecule has 1 N–H and O–H groups in total. The van der Waals surface area contributed by atoms with Crippen LogP contribution in [0.1, 0.15) is 36.4 Å². The zero-order chi connectivity index (χ0) is 17.6. The highest BCUT2D eigenvalue weighted by molar-refractivity contribution is 5.76. The van der Waals surface area contributed by atoms with Gasteiger partial charge >= 0.3 is 0 Å². The van der Waals surface area contributed by atoms with Crippen molar-refractivity contribution in [3.63, 3.8) is 0 Å². The Hall–Kier alpha value is -3.40. The van der Waals surface area contributed by atoms with E-state index >= 15 is 0 Å². The number of nitrogens with one attached hydrogen (secondary N) is 1. The minimum atomic E-state index is -0.151. The third kappa shape index (κ3) is 4.12. The van der Waals surface area contributed by atoms with Crippen LogP contribution >= 0.6 is 0 Å². The Balaban J connectivity index is 1.51. The molecule has 0 fully saturated rings.